The monoisotopic (exact) mass is 294 g/mol. The molecule has 116 valence electrons. The van der Waals surface area contributed by atoms with Gasteiger partial charge in [-0.25, -0.2) is 4.79 Å². The predicted molar refractivity (Wildman–Crippen MR) is 79.7 cm³/mol. The Morgan fingerprint density at radius 1 is 1.33 bits per heavy atom. The number of hydrogen-bond donors (Lipinski definition) is 3. The molecule has 6 nitrogen and oxygen atoms in total. The minimum atomic E-state index is -0.455. The summed E-state index contributed by atoms with van der Waals surface area (Å²) in [5, 5.41) is 15.3. The fourth-order valence-corrected chi connectivity index (χ4v) is 1.91. The Kier molecular flexibility index (Phi) is 4.57. The first kappa shape index (κ1) is 15.4. The molecule has 1 aromatic rings. The number of carbonyl (C=O) groups excluding carboxylic acids is 1. The number of anilines is 1. The molecule has 0 spiro atoms. The quantitative estimate of drug-likeness (QED) is 0.796. The molecule has 6 heteroatoms. The van der Waals surface area contributed by atoms with E-state index in [0.717, 1.165) is 0 Å². The lowest BCUT2D eigenvalue weighted by atomic mass is 9.87. The van der Waals surface area contributed by atoms with Crippen LogP contribution in [-0.2, 0) is 0 Å². The lowest BCUT2D eigenvalue weighted by molar-refractivity contribution is 0.0565. The number of amides is 2. The van der Waals surface area contributed by atoms with Crippen molar-refractivity contribution in [1.29, 1.82) is 0 Å². The molecular formula is C15H22N2O4. The summed E-state index contributed by atoms with van der Waals surface area (Å²) in [5.74, 6) is 1.30. The van der Waals surface area contributed by atoms with Crippen LogP contribution in [0.1, 0.15) is 27.2 Å². The number of aliphatic hydroxyl groups excluding tert-OH is 1. The van der Waals surface area contributed by atoms with E-state index in [-0.39, 0.29) is 18.2 Å². The van der Waals surface area contributed by atoms with Gasteiger partial charge in [-0.1, -0.05) is 20.8 Å². The first-order valence-corrected chi connectivity index (χ1v) is 6.99. The fraction of sp³-hybridized carbons (Fsp3) is 0.533. The van der Waals surface area contributed by atoms with Gasteiger partial charge in [0.15, 0.2) is 11.5 Å². The average molecular weight is 294 g/mol. The summed E-state index contributed by atoms with van der Waals surface area (Å²) in [7, 11) is 0. The maximum atomic E-state index is 11.8. The molecule has 21 heavy (non-hydrogen) atoms. The zero-order valence-corrected chi connectivity index (χ0v) is 12.6. The van der Waals surface area contributed by atoms with Crippen LogP contribution in [0, 0.1) is 5.41 Å². The first-order chi connectivity index (χ1) is 9.86. The summed E-state index contributed by atoms with van der Waals surface area (Å²) in [6.45, 7) is 6.50. The van der Waals surface area contributed by atoms with Crippen LogP contribution in [0.4, 0.5) is 10.5 Å². The van der Waals surface area contributed by atoms with Crippen molar-refractivity contribution < 1.29 is 19.4 Å². The number of carbonyl (C=O) groups is 1. The normalized spacial score (nSPS) is 14.7. The van der Waals surface area contributed by atoms with Gasteiger partial charge in [0.2, 0.25) is 6.79 Å². The summed E-state index contributed by atoms with van der Waals surface area (Å²) >= 11 is 0. The molecule has 0 bridgehead atoms. The second-order valence-electron chi connectivity index (χ2n) is 6.12. The van der Waals surface area contributed by atoms with Crippen LogP contribution in [0.2, 0.25) is 0 Å². The van der Waals surface area contributed by atoms with Gasteiger partial charge in [0.05, 0.1) is 6.10 Å². The van der Waals surface area contributed by atoms with Gasteiger partial charge in [-0.15, -0.1) is 0 Å². The molecule has 0 fully saturated rings. The number of nitrogens with one attached hydrogen (secondary N) is 2. The Hall–Kier alpha value is -1.95. The minimum absolute atomic E-state index is 0.185. The molecule has 1 heterocycles. The van der Waals surface area contributed by atoms with E-state index in [1.54, 1.807) is 18.2 Å². The fourth-order valence-electron chi connectivity index (χ4n) is 1.91. The van der Waals surface area contributed by atoms with Crippen molar-refractivity contribution in [3.63, 3.8) is 0 Å². The summed E-state index contributed by atoms with van der Waals surface area (Å²) in [6.07, 6.45) is 0.0567. The summed E-state index contributed by atoms with van der Waals surface area (Å²) in [6, 6.07) is 4.90. The molecule has 0 saturated carbocycles. The maximum Gasteiger partial charge on any atom is 0.319 e. The molecule has 1 aromatic carbocycles. The molecular weight excluding hydrogens is 272 g/mol. The van der Waals surface area contributed by atoms with Crippen molar-refractivity contribution in [3.05, 3.63) is 18.2 Å². The zero-order chi connectivity index (χ0) is 15.5. The molecule has 1 atom stereocenters. The first-order valence-electron chi connectivity index (χ1n) is 6.99. The highest BCUT2D eigenvalue weighted by Gasteiger charge is 2.21. The minimum Gasteiger partial charge on any atom is -0.454 e. The van der Waals surface area contributed by atoms with Gasteiger partial charge < -0.3 is 25.2 Å². The molecule has 0 aliphatic carbocycles. The van der Waals surface area contributed by atoms with Gasteiger partial charge >= 0.3 is 6.03 Å². The maximum absolute atomic E-state index is 11.8. The van der Waals surface area contributed by atoms with Gasteiger partial charge in [-0.3, -0.25) is 0 Å². The second-order valence-corrected chi connectivity index (χ2v) is 6.12. The van der Waals surface area contributed by atoms with Crippen molar-refractivity contribution in [2.75, 3.05) is 18.7 Å². The number of ether oxygens (including phenoxy) is 2. The Bertz CT molecular complexity index is 511. The molecule has 1 aliphatic rings. The Balaban J connectivity index is 1.77. The lowest BCUT2D eigenvalue weighted by Crippen LogP contribution is -2.34. The third-order valence-electron chi connectivity index (χ3n) is 3.33. The van der Waals surface area contributed by atoms with E-state index < -0.39 is 6.10 Å². The molecule has 2 rings (SSSR count). The molecule has 0 aromatic heterocycles. The van der Waals surface area contributed by atoms with E-state index in [0.29, 0.717) is 30.2 Å². The van der Waals surface area contributed by atoms with Crippen LogP contribution < -0.4 is 20.1 Å². The van der Waals surface area contributed by atoms with Gasteiger partial charge in [0.1, 0.15) is 0 Å². The smallest absolute Gasteiger partial charge is 0.319 e. The molecule has 0 saturated heterocycles. The molecule has 1 aliphatic heterocycles. The third-order valence-corrected chi connectivity index (χ3v) is 3.33. The van der Waals surface area contributed by atoms with Crippen LogP contribution in [0.5, 0.6) is 11.5 Å². The summed E-state index contributed by atoms with van der Waals surface area (Å²) in [5.41, 5.74) is 0.447. The van der Waals surface area contributed by atoms with Crippen molar-refractivity contribution >= 4 is 11.7 Å². The van der Waals surface area contributed by atoms with E-state index in [9.17, 15) is 9.90 Å². The van der Waals surface area contributed by atoms with Gasteiger partial charge in [0.25, 0.3) is 0 Å². The number of aliphatic hydroxyl groups is 1. The van der Waals surface area contributed by atoms with E-state index >= 15 is 0 Å². The van der Waals surface area contributed by atoms with Crippen molar-refractivity contribution in [2.45, 2.75) is 33.3 Å². The van der Waals surface area contributed by atoms with Crippen molar-refractivity contribution in [1.82, 2.24) is 5.32 Å². The largest absolute Gasteiger partial charge is 0.454 e. The van der Waals surface area contributed by atoms with Crippen LogP contribution in [-0.4, -0.2) is 30.6 Å². The van der Waals surface area contributed by atoms with Gasteiger partial charge in [0, 0.05) is 18.3 Å². The predicted octanol–water partition coefficient (Wildman–Crippen LogP) is 2.33. The Morgan fingerprint density at radius 2 is 2.05 bits per heavy atom. The Labute approximate surface area is 124 Å². The standard InChI is InChI=1S/C15H22N2O4/c1-15(2,3)13(18)6-7-16-14(19)17-10-4-5-11-12(8-10)21-9-20-11/h4-5,8,13,18H,6-7,9H2,1-3H3,(H2,16,17,19)/t13-/m0/s1. The van der Waals surface area contributed by atoms with E-state index in [1.165, 1.54) is 0 Å². The number of rotatable bonds is 4. The second kappa shape index (κ2) is 6.22. The van der Waals surface area contributed by atoms with Crippen LogP contribution >= 0.6 is 0 Å². The van der Waals surface area contributed by atoms with Gasteiger partial charge in [-0.2, -0.15) is 0 Å². The van der Waals surface area contributed by atoms with Crippen LogP contribution in [0.3, 0.4) is 0 Å². The van der Waals surface area contributed by atoms with E-state index in [1.807, 2.05) is 20.8 Å². The SMILES string of the molecule is CC(C)(C)[C@@H](O)CCNC(=O)Nc1ccc2c(c1)OCO2. The third kappa shape index (κ3) is 4.26. The highest BCUT2D eigenvalue weighted by atomic mass is 16.7. The molecule has 2 amide bonds. The molecule has 0 unspecified atom stereocenters. The number of benzene rings is 1. The van der Waals surface area contributed by atoms with E-state index in [4.69, 9.17) is 9.47 Å². The molecule has 3 N–H and O–H groups in total. The van der Waals surface area contributed by atoms with Crippen LogP contribution in [0.25, 0.3) is 0 Å². The van der Waals surface area contributed by atoms with Crippen LogP contribution in [0.15, 0.2) is 18.2 Å². The summed E-state index contributed by atoms with van der Waals surface area (Å²) in [4.78, 5) is 11.8. The number of urea groups is 1. The highest BCUT2D eigenvalue weighted by Crippen LogP contribution is 2.34. The Morgan fingerprint density at radius 3 is 2.76 bits per heavy atom. The zero-order valence-electron chi connectivity index (χ0n) is 12.6. The average Bonchev–Trinajstić information content (AvgIpc) is 2.84. The lowest BCUT2D eigenvalue weighted by Gasteiger charge is -2.25. The number of fused-ring (bicyclic) bond motifs is 1. The molecule has 0 radical (unpaired) electrons. The van der Waals surface area contributed by atoms with Crippen molar-refractivity contribution in [2.24, 2.45) is 5.41 Å². The van der Waals surface area contributed by atoms with E-state index in [2.05, 4.69) is 10.6 Å². The topological polar surface area (TPSA) is 79.8 Å². The van der Waals surface area contributed by atoms with Gasteiger partial charge in [-0.05, 0) is 24.0 Å². The number of hydrogen-bond acceptors (Lipinski definition) is 4. The van der Waals surface area contributed by atoms with Crippen molar-refractivity contribution in [3.8, 4) is 11.5 Å². The summed E-state index contributed by atoms with van der Waals surface area (Å²) < 4.78 is 10.4. The highest BCUT2D eigenvalue weighted by molar-refractivity contribution is 5.89.